The van der Waals surface area contributed by atoms with Crippen molar-refractivity contribution < 1.29 is 9.21 Å². The molecule has 0 radical (unpaired) electrons. The predicted octanol–water partition coefficient (Wildman–Crippen LogP) is 0.977. The highest BCUT2D eigenvalue weighted by atomic mass is 35.5. The van der Waals surface area contributed by atoms with Crippen molar-refractivity contribution in [1.82, 2.24) is 10.2 Å². The van der Waals surface area contributed by atoms with Crippen LogP contribution in [0.2, 0.25) is 5.02 Å². The Kier molecular flexibility index (Phi) is 2.00. The van der Waals surface area contributed by atoms with Crippen molar-refractivity contribution in [1.29, 1.82) is 0 Å². The number of nitrogens with zero attached hydrogens (tertiary/aromatic N) is 1. The molecule has 5 heteroatoms. The number of rotatable bonds is 1. The van der Waals surface area contributed by atoms with Crippen molar-refractivity contribution in [3.8, 4) is 0 Å². The molecule has 1 aromatic rings. The summed E-state index contributed by atoms with van der Waals surface area (Å²) < 4.78 is 5.09. The smallest absolute Gasteiger partial charge is 0.291 e. The molecule has 0 bridgehead atoms. The Morgan fingerprint density at radius 2 is 2.47 bits per heavy atom. The largest absolute Gasteiger partial charge is 0.458 e. The van der Waals surface area contributed by atoms with Gasteiger partial charge in [-0.2, -0.15) is 0 Å². The Morgan fingerprint density at radius 3 is 2.93 bits per heavy atom. The molecular formula is C10H11ClN2O2. The van der Waals surface area contributed by atoms with Crippen molar-refractivity contribution in [3.63, 3.8) is 0 Å². The molecule has 2 fully saturated rings. The number of likely N-dealkylation sites (tertiary alicyclic amines) is 1. The van der Waals surface area contributed by atoms with E-state index in [9.17, 15) is 4.79 Å². The van der Waals surface area contributed by atoms with Gasteiger partial charge in [-0.3, -0.25) is 4.79 Å². The fraction of sp³-hybridized carbons (Fsp3) is 0.500. The molecule has 2 unspecified atom stereocenters. The zero-order valence-electron chi connectivity index (χ0n) is 8.07. The molecule has 0 spiro atoms. The fourth-order valence-electron chi connectivity index (χ4n) is 2.21. The number of carbonyl (C=O) groups is 1. The standard InChI is InChI=1S/C10H11ClN2O2/c11-7-1-2-15-9(7)10(14)13-4-6-3-12-8(6)5-13/h1-2,6,8,12H,3-5H2. The Balaban J connectivity index is 1.78. The number of hydrogen-bond acceptors (Lipinski definition) is 3. The number of nitrogens with one attached hydrogen (secondary N) is 1. The molecule has 4 nitrogen and oxygen atoms in total. The average Bonchev–Trinajstić information content (AvgIpc) is 2.72. The lowest BCUT2D eigenvalue weighted by molar-refractivity contribution is 0.0758. The minimum absolute atomic E-state index is 0.0961. The molecule has 2 atom stereocenters. The lowest BCUT2D eigenvalue weighted by Gasteiger charge is -2.29. The third kappa shape index (κ3) is 1.36. The summed E-state index contributed by atoms with van der Waals surface area (Å²) >= 11 is 5.84. The molecule has 2 aliphatic heterocycles. The van der Waals surface area contributed by atoms with Crippen molar-refractivity contribution in [2.75, 3.05) is 19.6 Å². The van der Waals surface area contributed by atoms with Crippen LogP contribution in [-0.4, -0.2) is 36.5 Å². The van der Waals surface area contributed by atoms with Gasteiger partial charge in [-0.15, -0.1) is 0 Å². The van der Waals surface area contributed by atoms with Gasteiger partial charge in [-0.1, -0.05) is 11.6 Å². The second-order valence-corrected chi connectivity index (χ2v) is 4.49. The summed E-state index contributed by atoms with van der Waals surface area (Å²) in [5.74, 6) is 0.779. The highest BCUT2D eigenvalue weighted by Gasteiger charge is 2.41. The van der Waals surface area contributed by atoms with Gasteiger partial charge < -0.3 is 14.6 Å². The van der Waals surface area contributed by atoms with E-state index in [1.165, 1.54) is 6.26 Å². The lowest BCUT2D eigenvalue weighted by atomic mass is 9.96. The topological polar surface area (TPSA) is 45.5 Å². The first-order valence-electron chi connectivity index (χ1n) is 5.01. The highest BCUT2D eigenvalue weighted by molar-refractivity contribution is 6.33. The van der Waals surface area contributed by atoms with E-state index in [2.05, 4.69) is 5.32 Å². The van der Waals surface area contributed by atoms with Crippen LogP contribution in [0.1, 0.15) is 10.6 Å². The summed E-state index contributed by atoms with van der Waals surface area (Å²) in [4.78, 5) is 13.8. The Hall–Kier alpha value is -1.00. The third-order valence-electron chi connectivity index (χ3n) is 3.18. The van der Waals surface area contributed by atoms with E-state index < -0.39 is 0 Å². The predicted molar refractivity (Wildman–Crippen MR) is 54.9 cm³/mol. The normalized spacial score (nSPS) is 28.7. The SMILES string of the molecule is O=C(c1occc1Cl)N1CC2CNC2C1. The highest BCUT2D eigenvalue weighted by Crippen LogP contribution is 2.26. The Morgan fingerprint density at radius 1 is 1.60 bits per heavy atom. The zero-order chi connectivity index (χ0) is 10.4. The van der Waals surface area contributed by atoms with Gasteiger partial charge in [0.15, 0.2) is 0 Å². The summed E-state index contributed by atoms with van der Waals surface area (Å²) in [5.41, 5.74) is 0. The van der Waals surface area contributed by atoms with Crippen molar-refractivity contribution in [3.05, 3.63) is 23.1 Å². The van der Waals surface area contributed by atoms with Crippen LogP contribution in [0.25, 0.3) is 0 Å². The fourth-order valence-corrected chi connectivity index (χ4v) is 2.38. The minimum atomic E-state index is -0.0961. The van der Waals surface area contributed by atoms with Gasteiger partial charge >= 0.3 is 0 Å². The van der Waals surface area contributed by atoms with E-state index in [1.54, 1.807) is 11.0 Å². The Labute approximate surface area is 92.2 Å². The van der Waals surface area contributed by atoms with Crippen LogP contribution < -0.4 is 5.32 Å². The average molecular weight is 227 g/mol. The van der Waals surface area contributed by atoms with Crippen LogP contribution in [0.5, 0.6) is 0 Å². The summed E-state index contributed by atoms with van der Waals surface area (Å²) in [6.45, 7) is 2.59. The van der Waals surface area contributed by atoms with Crippen LogP contribution in [0.4, 0.5) is 0 Å². The van der Waals surface area contributed by atoms with Crippen molar-refractivity contribution >= 4 is 17.5 Å². The summed E-state index contributed by atoms with van der Waals surface area (Å²) in [6.07, 6.45) is 1.44. The van der Waals surface area contributed by atoms with Gasteiger partial charge in [0, 0.05) is 31.6 Å². The van der Waals surface area contributed by atoms with Gasteiger partial charge in [-0.25, -0.2) is 0 Å². The van der Waals surface area contributed by atoms with E-state index in [0.29, 0.717) is 17.0 Å². The quantitative estimate of drug-likeness (QED) is 0.777. The molecule has 3 rings (SSSR count). The summed E-state index contributed by atoms with van der Waals surface area (Å²) in [7, 11) is 0. The molecule has 15 heavy (non-hydrogen) atoms. The maximum absolute atomic E-state index is 12.0. The van der Waals surface area contributed by atoms with Crippen LogP contribution in [0.15, 0.2) is 16.7 Å². The first-order chi connectivity index (χ1) is 7.25. The molecule has 1 amide bonds. The van der Waals surface area contributed by atoms with Gasteiger partial charge in [0.25, 0.3) is 5.91 Å². The van der Waals surface area contributed by atoms with E-state index in [1.807, 2.05) is 0 Å². The number of halogens is 1. The summed E-state index contributed by atoms with van der Waals surface area (Å²) in [5, 5.41) is 3.69. The van der Waals surface area contributed by atoms with Gasteiger partial charge in [0.05, 0.1) is 11.3 Å². The number of carbonyl (C=O) groups excluding carboxylic acids is 1. The van der Waals surface area contributed by atoms with Gasteiger partial charge in [0.1, 0.15) is 0 Å². The number of furan rings is 1. The maximum atomic E-state index is 12.0. The van der Waals surface area contributed by atoms with Crippen LogP contribution in [0.3, 0.4) is 0 Å². The number of fused-ring (bicyclic) bond motifs is 1. The maximum Gasteiger partial charge on any atom is 0.291 e. The zero-order valence-corrected chi connectivity index (χ0v) is 8.83. The second kappa shape index (κ2) is 3.25. The molecule has 80 valence electrons. The molecule has 0 aromatic carbocycles. The molecule has 2 aliphatic rings. The monoisotopic (exact) mass is 226 g/mol. The van der Waals surface area contributed by atoms with Crippen LogP contribution in [0, 0.1) is 5.92 Å². The lowest BCUT2D eigenvalue weighted by Crippen LogP contribution is -2.51. The van der Waals surface area contributed by atoms with E-state index in [-0.39, 0.29) is 11.7 Å². The third-order valence-corrected chi connectivity index (χ3v) is 3.48. The van der Waals surface area contributed by atoms with Crippen LogP contribution in [-0.2, 0) is 0 Å². The van der Waals surface area contributed by atoms with Gasteiger partial charge in [-0.05, 0) is 6.07 Å². The second-order valence-electron chi connectivity index (χ2n) is 4.08. The van der Waals surface area contributed by atoms with Gasteiger partial charge in [0.2, 0.25) is 5.76 Å². The Bertz CT molecular complexity index is 392. The van der Waals surface area contributed by atoms with E-state index in [0.717, 1.165) is 19.6 Å². The van der Waals surface area contributed by atoms with E-state index in [4.69, 9.17) is 16.0 Å². The first kappa shape index (κ1) is 9.24. The first-order valence-corrected chi connectivity index (χ1v) is 5.39. The molecule has 0 saturated carbocycles. The van der Waals surface area contributed by atoms with E-state index >= 15 is 0 Å². The number of hydrogen-bond donors (Lipinski definition) is 1. The molecular weight excluding hydrogens is 216 g/mol. The molecule has 3 heterocycles. The molecule has 1 N–H and O–H groups in total. The van der Waals surface area contributed by atoms with Crippen molar-refractivity contribution in [2.24, 2.45) is 5.92 Å². The summed E-state index contributed by atoms with van der Waals surface area (Å²) in [6, 6.07) is 2.07. The minimum Gasteiger partial charge on any atom is -0.458 e. The molecule has 2 saturated heterocycles. The van der Waals surface area contributed by atoms with Crippen molar-refractivity contribution in [2.45, 2.75) is 6.04 Å². The number of amides is 1. The molecule has 0 aliphatic carbocycles. The molecule has 1 aromatic heterocycles. The van der Waals surface area contributed by atoms with Crippen LogP contribution >= 0.6 is 11.6 Å².